The van der Waals surface area contributed by atoms with E-state index in [0.29, 0.717) is 13.2 Å². The third kappa shape index (κ3) is 3.99. The van der Waals surface area contributed by atoms with Gasteiger partial charge in [-0.2, -0.15) is 5.10 Å². The highest BCUT2D eigenvalue weighted by molar-refractivity contribution is 7.16. The lowest BCUT2D eigenvalue weighted by Crippen LogP contribution is -2.44. The maximum absolute atomic E-state index is 11.6. The first-order chi connectivity index (χ1) is 15.1. The Morgan fingerprint density at radius 1 is 1.32 bits per heavy atom. The number of rotatable bonds is 5. The molecule has 2 N–H and O–H groups in total. The lowest BCUT2D eigenvalue weighted by Gasteiger charge is -2.33. The van der Waals surface area contributed by atoms with E-state index in [1.54, 1.807) is 4.68 Å². The number of aromatic nitrogens is 4. The third-order valence-electron chi connectivity index (χ3n) is 5.67. The fourth-order valence-electron chi connectivity index (χ4n) is 3.86. The molecule has 9 heteroatoms. The normalized spacial score (nSPS) is 17.9. The van der Waals surface area contributed by atoms with E-state index in [1.165, 1.54) is 11.3 Å². The van der Waals surface area contributed by atoms with Gasteiger partial charge >= 0.3 is 4.87 Å². The van der Waals surface area contributed by atoms with Crippen LogP contribution < -0.4 is 9.77 Å². The predicted octanol–water partition coefficient (Wildman–Crippen LogP) is 2.52. The lowest BCUT2D eigenvalue weighted by molar-refractivity contribution is 0.00355. The first-order valence-corrected chi connectivity index (χ1v) is 11.0. The first-order valence-electron chi connectivity index (χ1n) is 10.2. The van der Waals surface area contributed by atoms with Crippen molar-refractivity contribution in [3.8, 4) is 5.82 Å². The van der Waals surface area contributed by atoms with Crippen LogP contribution in [0.15, 0.2) is 53.6 Å². The van der Waals surface area contributed by atoms with Gasteiger partial charge in [-0.05, 0) is 35.9 Å². The summed E-state index contributed by atoms with van der Waals surface area (Å²) in [4.78, 5) is 21.1. The Hall–Kier alpha value is -3.01. The molecule has 0 spiro atoms. The molecule has 4 heterocycles. The van der Waals surface area contributed by atoms with Crippen molar-refractivity contribution in [3.63, 3.8) is 0 Å². The summed E-state index contributed by atoms with van der Waals surface area (Å²) < 4.78 is 8.25. The van der Waals surface area contributed by atoms with Crippen LogP contribution >= 0.6 is 11.3 Å². The van der Waals surface area contributed by atoms with Crippen LogP contribution in [0.25, 0.3) is 16.0 Å². The molecule has 3 aromatic heterocycles. The van der Waals surface area contributed by atoms with Gasteiger partial charge in [0.05, 0.1) is 47.1 Å². The van der Waals surface area contributed by atoms with Crippen molar-refractivity contribution in [1.82, 2.24) is 19.7 Å². The molecule has 0 saturated carbocycles. The minimum atomic E-state index is -0.157. The van der Waals surface area contributed by atoms with Gasteiger partial charge < -0.3 is 19.7 Å². The van der Waals surface area contributed by atoms with Crippen molar-refractivity contribution in [3.05, 3.63) is 69.7 Å². The number of anilines is 1. The second kappa shape index (κ2) is 8.26. The fourth-order valence-corrected chi connectivity index (χ4v) is 4.65. The molecule has 1 aliphatic heterocycles. The molecule has 5 rings (SSSR count). The van der Waals surface area contributed by atoms with E-state index in [-0.39, 0.29) is 23.5 Å². The number of hydrogen-bond acceptors (Lipinski definition) is 7. The summed E-state index contributed by atoms with van der Waals surface area (Å²) in [6, 6.07) is 12.0. The molecule has 0 amide bonds. The minimum Gasteiger partial charge on any atom is -0.394 e. The number of thiazole rings is 1. The Morgan fingerprint density at radius 3 is 3.03 bits per heavy atom. The summed E-state index contributed by atoms with van der Waals surface area (Å²) >= 11 is 1.22. The quantitative estimate of drug-likeness (QED) is 0.498. The van der Waals surface area contributed by atoms with Gasteiger partial charge in [-0.3, -0.25) is 4.79 Å². The molecule has 2 unspecified atom stereocenters. The number of aromatic amines is 1. The molecule has 1 fully saturated rings. The van der Waals surface area contributed by atoms with Crippen LogP contribution in [0.1, 0.15) is 24.1 Å². The van der Waals surface area contributed by atoms with Crippen LogP contribution in [0.5, 0.6) is 0 Å². The fraction of sp³-hybridized carbons (Fsp3) is 0.318. The molecular weight excluding hydrogens is 414 g/mol. The third-order valence-corrected chi connectivity index (χ3v) is 6.52. The van der Waals surface area contributed by atoms with Crippen LogP contribution in [-0.4, -0.2) is 57.3 Å². The van der Waals surface area contributed by atoms with Crippen LogP contribution in [0.4, 0.5) is 5.69 Å². The minimum absolute atomic E-state index is 0.0198. The van der Waals surface area contributed by atoms with E-state index in [9.17, 15) is 9.90 Å². The summed E-state index contributed by atoms with van der Waals surface area (Å²) in [6.07, 6.45) is 3.59. The van der Waals surface area contributed by atoms with Crippen LogP contribution in [-0.2, 0) is 4.74 Å². The number of aliphatic hydroxyl groups is 1. The van der Waals surface area contributed by atoms with Gasteiger partial charge in [-0.1, -0.05) is 24.3 Å². The molecule has 0 aliphatic carbocycles. The number of pyridine rings is 1. The molecule has 1 aromatic carbocycles. The lowest BCUT2D eigenvalue weighted by atomic mass is 9.98. The van der Waals surface area contributed by atoms with Crippen molar-refractivity contribution in [2.24, 2.45) is 0 Å². The molecule has 1 aliphatic rings. The molecule has 0 radical (unpaired) electrons. The van der Waals surface area contributed by atoms with E-state index >= 15 is 0 Å². The number of nitrogens with one attached hydrogen (secondary N) is 1. The zero-order valence-electron chi connectivity index (χ0n) is 17.1. The Morgan fingerprint density at radius 2 is 2.23 bits per heavy atom. The second-order valence-corrected chi connectivity index (χ2v) is 8.69. The molecule has 2 atom stereocenters. The molecular formula is C22H23N5O3S. The Bertz CT molecular complexity index is 1250. The number of H-pyrrole nitrogens is 1. The summed E-state index contributed by atoms with van der Waals surface area (Å²) in [5.74, 6) is 0.833. The van der Waals surface area contributed by atoms with E-state index in [2.05, 4.69) is 27.9 Å². The molecule has 160 valence electrons. The Labute approximate surface area is 182 Å². The number of benzene rings is 1. The summed E-state index contributed by atoms with van der Waals surface area (Å²) in [5.41, 5.74) is 3.92. The van der Waals surface area contributed by atoms with Crippen LogP contribution in [0.2, 0.25) is 0 Å². The number of nitrogens with zero attached hydrogens (tertiary/aromatic N) is 4. The summed E-state index contributed by atoms with van der Waals surface area (Å²) in [5, 5.41) is 14.1. The number of hydrogen-bond donors (Lipinski definition) is 2. The Balaban J connectivity index is 1.34. The zero-order chi connectivity index (χ0) is 21.4. The van der Waals surface area contributed by atoms with E-state index in [1.807, 2.05) is 42.7 Å². The number of morpholine rings is 1. The molecule has 4 aromatic rings. The van der Waals surface area contributed by atoms with Gasteiger partial charge in [-0.15, -0.1) is 0 Å². The summed E-state index contributed by atoms with van der Waals surface area (Å²) in [7, 11) is 0. The maximum Gasteiger partial charge on any atom is 0.305 e. The molecule has 8 nitrogen and oxygen atoms in total. The van der Waals surface area contributed by atoms with Crippen molar-refractivity contribution in [2.75, 3.05) is 31.2 Å². The summed E-state index contributed by atoms with van der Waals surface area (Å²) in [6.45, 7) is 4.16. The highest BCUT2D eigenvalue weighted by Crippen LogP contribution is 2.27. The van der Waals surface area contributed by atoms with Crippen molar-refractivity contribution in [2.45, 2.75) is 18.9 Å². The highest BCUT2D eigenvalue weighted by Gasteiger charge is 2.20. The van der Waals surface area contributed by atoms with Gasteiger partial charge in [0, 0.05) is 25.2 Å². The van der Waals surface area contributed by atoms with Crippen LogP contribution in [0.3, 0.4) is 0 Å². The number of aliphatic hydroxyl groups excluding tert-OH is 1. The van der Waals surface area contributed by atoms with Gasteiger partial charge in [-0.25, -0.2) is 9.67 Å². The second-order valence-electron chi connectivity index (χ2n) is 7.67. The van der Waals surface area contributed by atoms with Crippen molar-refractivity contribution >= 4 is 27.2 Å². The van der Waals surface area contributed by atoms with E-state index in [0.717, 1.165) is 39.5 Å². The molecule has 31 heavy (non-hydrogen) atoms. The standard InChI is InChI=1S/C22H23N5O3S/c1-14(15-2-4-19-20(10-15)31-22(29)24-19)18-6-7-27(25-18)21-5-3-16(11-23-21)26-8-9-30-17(12-26)13-28/h2-7,10-11,14,17,28H,8-9,12-13H2,1H3,(H,24,29). The van der Waals surface area contributed by atoms with Gasteiger partial charge in [0.25, 0.3) is 0 Å². The van der Waals surface area contributed by atoms with Gasteiger partial charge in [0.15, 0.2) is 5.82 Å². The monoisotopic (exact) mass is 437 g/mol. The number of ether oxygens (including phenoxy) is 1. The van der Waals surface area contributed by atoms with Gasteiger partial charge in [0.1, 0.15) is 0 Å². The molecule has 0 bridgehead atoms. The van der Waals surface area contributed by atoms with E-state index in [4.69, 9.17) is 9.84 Å². The van der Waals surface area contributed by atoms with E-state index < -0.39 is 0 Å². The zero-order valence-corrected chi connectivity index (χ0v) is 17.9. The Kier molecular flexibility index (Phi) is 5.31. The average molecular weight is 438 g/mol. The number of fused-ring (bicyclic) bond motifs is 1. The predicted molar refractivity (Wildman–Crippen MR) is 120 cm³/mol. The topological polar surface area (TPSA) is 96.3 Å². The van der Waals surface area contributed by atoms with Crippen molar-refractivity contribution < 1.29 is 9.84 Å². The first kappa shape index (κ1) is 19.9. The van der Waals surface area contributed by atoms with Crippen LogP contribution in [0, 0.1) is 0 Å². The SMILES string of the molecule is CC(c1ccc2[nH]c(=O)sc2c1)c1ccn(-c2ccc(N3CCOC(CO)C3)cn2)n1. The van der Waals surface area contributed by atoms with Gasteiger partial charge in [0.2, 0.25) is 0 Å². The van der Waals surface area contributed by atoms with Crippen molar-refractivity contribution in [1.29, 1.82) is 0 Å². The highest BCUT2D eigenvalue weighted by atomic mass is 32.1. The largest absolute Gasteiger partial charge is 0.394 e. The molecule has 1 saturated heterocycles. The average Bonchev–Trinajstić information content (AvgIpc) is 3.44. The maximum atomic E-state index is 11.6. The smallest absolute Gasteiger partial charge is 0.305 e.